The second-order valence-electron chi connectivity index (χ2n) is 12.4. The molecule has 2 heterocycles. The summed E-state index contributed by atoms with van der Waals surface area (Å²) in [4.78, 5) is 15.6. The molecule has 4 nitrogen and oxygen atoms in total. The molecule has 0 saturated carbocycles. The fourth-order valence-electron chi connectivity index (χ4n) is 7.16. The van der Waals surface area contributed by atoms with Crippen LogP contribution < -0.4 is 4.74 Å². The molecule has 0 bridgehead atoms. The van der Waals surface area contributed by atoms with Crippen molar-refractivity contribution in [1.29, 1.82) is 0 Å². The highest BCUT2D eigenvalue weighted by Gasteiger charge is 2.25. The molecule has 0 radical (unpaired) electrons. The highest BCUT2D eigenvalue weighted by molar-refractivity contribution is 6.26. The monoisotopic (exact) mass is 625 g/mol. The third kappa shape index (κ3) is 4.49. The number of benzene rings is 8. The minimum atomic E-state index is 0.563. The van der Waals surface area contributed by atoms with E-state index in [-0.39, 0.29) is 0 Å². The van der Waals surface area contributed by atoms with Gasteiger partial charge in [-0.15, -0.1) is 0 Å². The number of nitrogens with zero attached hydrogens (tertiary/aromatic N) is 3. The van der Waals surface area contributed by atoms with Crippen LogP contribution in [0, 0.1) is 0 Å². The van der Waals surface area contributed by atoms with Crippen LogP contribution in [0.1, 0.15) is 0 Å². The summed E-state index contributed by atoms with van der Waals surface area (Å²) in [5, 5.41) is 6.89. The minimum absolute atomic E-state index is 0.563. The SMILES string of the molecule is c1ccc(-c2ccc(-c3ccccc3)c(-c3nc(-c4ccccc4)nc(-c4ccc5ccc6ccc7cccc8c7c6c5c4O8)n3)c2)cc1. The summed E-state index contributed by atoms with van der Waals surface area (Å²) < 4.78 is 6.83. The molecule has 49 heavy (non-hydrogen) atoms. The van der Waals surface area contributed by atoms with E-state index in [4.69, 9.17) is 19.7 Å². The number of aromatic nitrogens is 3. The van der Waals surface area contributed by atoms with Crippen molar-refractivity contribution < 1.29 is 4.74 Å². The largest absolute Gasteiger partial charge is 0.455 e. The Labute approximate surface area is 283 Å². The van der Waals surface area contributed by atoms with Crippen LogP contribution in [0.5, 0.6) is 11.5 Å². The summed E-state index contributed by atoms with van der Waals surface area (Å²) in [5.74, 6) is 3.38. The maximum Gasteiger partial charge on any atom is 0.167 e. The van der Waals surface area contributed by atoms with Crippen molar-refractivity contribution in [3.05, 3.63) is 164 Å². The summed E-state index contributed by atoms with van der Waals surface area (Å²) in [7, 11) is 0. The predicted octanol–water partition coefficient (Wildman–Crippen LogP) is 11.8. The molecule has 8 aromatic carbocycles. The average Bonchev–Trinajstić information content (AvgIpc) is 3.18. The molecule has 0 saturated heterocycles. The van der Waals surface area contributed by atoms with Crippen molar-refractivity contribution in [2.45, 2.75) is 0 Å². The first-order valence-electron chi connectivity index (χ1n) is 16.4. The molecular formula is C45H27N3O. The molecule has 0 amide bonds. The van der Waals surface area contributed by atoms with Crippen molar-refractivity contribution in [2.75, 3.05) is 0 Å². The van der Waals surface area contributed by atoms with Gasteiger partial charge in [-0.2, -0.15) is 0 Å². The van der Waals surface area contributed by atoms with E-state index >= 15 is 0 Å². The van der Waals surface area contributed by atoms with E-state index in [9.17, 15) is 0 Å². The summed E-state index contributed by atoms with van der Waals surface area (Å²) in [6.45, 7) is 0. The molecule has 1 aromatic heterocycles. The zero-order valence-electron chi connectivity index (χ0n) is 26.3. The van der Waals surface area contributed by atoms with Crippen molar-refractivity contribution in [2.24, 2.45) is 0 Å². The molecule has 1 aliphatic rings. The van der Waals surface area contributed by atoms with Gasteiger partial charge in [0, 0.05) is 27.3 Å². The Balaban J connectivity index is 1.27. The number of hydrogen-bond donors (Lipinski definition) is 0. The van der Waals surface area contributed by atoms with Crippen LogP contribution in [0.25, 0.3) is 88.7 Å². The number of hydrogen-bond acceptors (Lipinski definition) is 4. The zero-order valence-corrected chi connectivity index (χ0v) is 26.3. The molecule has 0 N–H and O–H groups in total. The average molecular weight is 626 g/mol. The Morgan fingerprint density at radius 2 is 0.878 bits per heavy atom. The maximum atomic E-state index is 6.83. The smallest absolute Gasteiger partial charge is 0.167 e. The Morgan fingerprint density at radius 3 is 1.59 bits per heavy atom. The fourth-order valence-corrected chi connectivity index (χ4v) is 7.16. The molecule has 1 aliphatic heterocycles. The molecule has 228 valence electrons. The van der Waals surface area contributed by atoms with Crippen molar-refractivity contribution in [3.8, 4) is 67.9 Å². The van der Waals surface area contributed by atoms with E-state index in [1.165, 1.54) is 10.8 Å². The Hall–Kier alpha value is -6.65. The van der Waals surface area contributed by atoms with E-state index < -0.39 is 0 Å². The molecule has 9 aromatic rings. The molecule has 0 unspecified atom stereocenters. The topological polar surface area (TPSA) is 47.9 Å². The van der Waals surface area contributed by atoms with Crippen molar-refractivity contribution in [1.82, 2.24) is 15.0 Å². The van der Waals surface area contributed by atoms with Gasteiger partial charge < -0.3 is 4.74 Å². The highest BCUT2D eigenvalue weighted by atomic mass is 16.5. The van der Waals surface area contributed by atoms with Gasteiger partial charge in [0.05, 0.1) is 5.56 Å². The third-order valence-corrected chi connectivity index (χ3v) is 9.49. The van der Waals surface area contributed by atoms with Gasteiger partial charge in [0.25, 0.3) is 0 Å². The second-order valence-corrected chi connectivity index (χ2v) is 12.4. The molecule has 0 spiro atoms. The summed E-state index contributed by atoms with van der Waals surface area (Å²) in [5.41, 5.74) is 7.04. The van der Waals surface area contributed by atoms with E-state index in [0.717, 1.165) is 72.0 Å². The molecule has 0 fully saturated rings. The van der Waals surface area contributed by atoms with Gasteiger partial charge >= 0.3 is 0 Å². The van der Waals surface area contributed by atoms with Crippen LogP contribution in [0.4, 0.5) is 0 Å². The first kappa shape index (κ1) is 27.5. The van der Waals surface area contributed by atoms with Crippen LogP contribution in [-0.4, -0.2) is 15.0 Å². The van der Waals surface area contributed by atoms with Gasteiger partial charge in [0.1, 0.15) is 11.5 Å². The molecule has 0 atom stereocenters. The van der Waals surface area contributed by atoms with Crippen molar-refractivity contribution in [3.63, 3.8) is 0 Å². The van der Waals surface area contributed by atoms with Crippen LogP contribution in [0.3, 0.4) is 0 Å². The van der Waals surface area contributed by atoms with E-state index in [0.29, 0.717) is 17.5 Å². The lowest BCUT2D eigenvalue weighted by Gasteiger charge is -2.22. The summed E-state index contributed by atoms with van der Waals surface area (Å²) >= 11 is 0. The zero-order chi connectivity index (χ0) is 32.3. The van der Waals surface area contributed by atoms with Crippen LogP contribution in [0.2, 0.25) is 0 Å². The molecule has 4 heteroatoms. The van der Waals surface area contributed by atoms with E-state index in [2.05, 4.69) is 121 Å². The quantitative estimate of drug-likeness (QED) is 0.179. The number of rotatable bonds is 5. The van der Waals surface area contributed by atoms with E-state index in [1.807, 2.05) is 42.5 Å². The Kier molecular flexibility index (Phi) is 6.15. The molecule has 10 rings (SSSR count). The fraction of sp³-hybridized carbons (Fsp3) is 0. The van der Waals surface area contributed by atoms with Crippen LogP contribution >= 0.6 is 0 Å². The van der Waals surface area contributed by atoms with Gasteiger partial charge in [-0.1, -0.05) is 146 Å². The summed E-state index contributed by atoms with van der Waals surface area (Å²) in [6.07, 6.45) is 0. The van der Waals surface area contributed by atoms with Gasteiger partial charge in [0.15, 0.2) is 17.5 Å². The molecular weight excluding hydrogens is 599 g/mol. The lowest BCUT2D eigenvalue weighted by molar-refractivity contribution is 0.494. The normalized spacial score (nSPS) is 11.8. The standard InChI is InChI=1S/C45H27N3O/c1-4-11-28(12-5-1)34-24-25-35(29-13-6-2-7-14-29)37(27-34)45-47-43(33-15-8-3-9-16-33)46-44(48-45)36-26-23-32-22-21-31-20-19-30-17-10-18-38-39(30)40(31)41(32)42(36)49-38/h1-27H. The first-order valence-corrected chi connectivity index (χ1v) is 16.4. The lowest BCUT2D eigenvalue weighted by Crippen LogP contribution is -2.03. The lowest BCUT2D eigenvalue weighted by atomic mass is 9.92. The van der Waals surface area contributed by atoms with Crippen LogP contribution in [0.15, 0.2) is 164 Å². The van der Waals surface area contributed by atoms with Crippen LogP contribution in [-0.2, 0) is 0 Å². The molecule has 0 aliphatic carbocycles. The van der Waals surface area contributed by atoms with Gasteiger partial charge in [-0.3, -0.25) is 0 Å². The third-order valence-electron chi connectivity index (χ3n) is 9.49. The Bertz CT molecular complexity index is 2720. The minimum Gasteiger partial charge on any atom is -0.455 e. The van der Waals surface area contributed by atoms with Gasteiger partial charge in [-0.05, 0) is 56.6 Å². The van der Waals surface area contributed by atoms with Crippen molar-refractivity contribution >= 4 is 32.3 Å². The predicted molar refractivity (Wildman–Crippen MR) is 200 cm³/mol. The second kappa shape index (κ2) is 11.0. The highest BCUT2D eigenvalue weighted by Crippen LogP contribution is 2.50. The first-order chi connectivity index (χ1) is 24.3. The van der Waals surface area contributed by atoms with E-state index in [1.54, 1.807) is 0 Å². The maximum absolute atomic E-state index is 6.83. The Morgan fingerprint density at radius 1 is 0.327 bits per heavy atom. The number of ether oxygens (including phenoxy) is 1. The van der Waals surface area contributed by atoms with Gasteiger partial charge in [-0.25, -0.2) is 15.0 Å². The van der Waals surface area contributed by atoms with Gasteiger partial charge in [0.2, 0.25) is 0 Å². The summed E-state index contributed by atoms with van der Waals surface area (Å²) in [6, 6.07) is 56.8.